The van der Waals surface area contributed by atoms with E-state index < -0.39 is 0 Å². The summed E-state index contributed by atoms with van der Waals surface area (Å²) in [6.07, 6.45) is 0. The fraction of sp³-hybridized carbons (Fsp3) is 0.261. The Balaban J connectivity index is 1.97. The molecule has 1 aliphatic heterocycles. The molecule has 0 bridgehead atoms. The number of fused-ring (bicyclic) bond motifs is 1. The van der Waals surface area contributed by atoms with Crippen molar-refractivity contribution in [2.24, 2.45) is 0 Å². The van der Waals surface area contributed by atoms with Gasteiger partial charge in [0.25, 0.3) is 5.91 Å². The number of aliphatic hydroxyl groups is 1. The molecule has 0 saturated carbocycles. The summed E-state index contributed by atoms with van der Waals surface area (Å²) >= 11 is 0. The first kappa shape index (κ1) is 20.7. The van der Waals surface area contributed by atoms with Crippen molar-refractivity contribution in [3.05, 3.63) is 65.0 Å². The van der Waals surface area contributed by atoms with Crippen molar-refractivity contribution in [2.75, 3.05) is 23.5 Å². The number of hydrogen-bond acceptors (Lipinski definition) is 6. The first-order chi connectivity index (χ1) is 14.9. The number of anilines is 3. The second-order valence-corrected chi connectivity index (χ2v) is 7.66. The molecule has 0 saturated heterocycles. The minimum absolute atomic E-state index is 0.104. The topological polar surface area (TPSA) is 90.4 Å². The molecule has 0 unspecified atom stereocenters. The molecule has 1 aromatic heterocycles. The number of aryl methyl sites for hydroxylation is 2. The van der Waals surface area contributed by atoms with Gasteiger partial charge in [-0.15, -0.1) is 0 Å². The number of hydrogen-bond donors (Lipinski definition) is 3. The molecule has 0 fully saturated rings. The molecule has 0 radical (unpaired) electrons. The Kier molecular flexibility index (Phi) is 5.56. The molecule has 0 spiro atoms. The Morgan fingerprint density at radius 1 is 1.19 bits per heavy atom. The summed E-state index contributed by atoms with van der Waals surface area (Å²) in [4.78, 5) is 24.1. The van der Waals surface area contributed by atoms with E-state index in [1.165, 1.54) is 12.1 Å². The number of carbonyl (C=O) groups excluding carboxylic acids is 1. The number of aromatic nitrogens is 2. The van der Waals surface area contributed by atoms with Crippen molar-refractivity contribution in [3.8, 4) is 11.3 Å². The van der Waals surface area contributed by atoms with Crippen LogP contribution in [0, 0.1) is 19.7 Å². The van der Waals surface area contributed by atoms with E-state index in [1.807, 2.05) is 36.1 Å². The molecule has 2 aromatic carbocycles. The minimum Gasteiger partial charge on any atom is -0.394 e. The van der Waals surface area contributed by atoms with Gasteiger partial charge in [0.2, 0.25) is 5.95 Å². The lowest BCUT2D eigenvalue weighted by molar-refractivity contribution is 0.0949. The number of carbonyl (C=O) groups is 1. The third kappa shape index (κ3) is 3.94. The lowest BCUT2D eigenvalue weighted by Crippen LogP contribution is -2.42. The fourth-order valence-electron chi connectivity index (χ4n) is 3.65. The van der Waals surface area contributed by atoms with E-state index in [2.05, 4.69) is 20.6 Å². The van der Waals surface area contributed by atoms with Crippen LogP contribution in [-0.4, -0.2) is 40.3 Å². The van der Waals surface area contributed by atoms with Gasteiger partial charge in [-0.25, -0.2) is 9.37 Å². The second kappa shape index (κ2) is 8.31. The molecular weight excluding hydrogens is 397 g/mol. The van der Waals surface area contributed by atoms with E-state index in [4.69, 9.17) is 0 Å². The van der Waals surface area contributed by atoms with Gasteiger partial charge in [-0.05, 0) is 56.2 Å². The summed E-state index contributed by atoms with van der Waals surface area (Å²) in [5.41, 5.74) is 3.97. The van der Waals surface area contributed by atoms with E-state index in [0.717, 1.165) is 11.3 Å². The SMILES string of the molecule is Cc1cc(F)ccc1-c1nc(N[C@@H](C)CO)nc2c1C(=O)NCN2c1ccccc1C. The van der Waals surface area contributed by atoms with Gasteiger partial charge in [-0.2, -0.15) is 4.98 Å². The molecule has 1 atom stereocenters. The van der Waals surface area contributed by atoms with Gasteiger partial charge in [-0.1, -0.05) is 18.2 Å². The van der Waals surface area contributed by atoms with Crippen LogP contribution in [0.4, 0.5) is 21.8 Å². The van der Waals surface area contributed by atoms with Crippen LogP contribution in [0.5, 0.6) is 0 Å². The van der Waals surface area contributed by atoms with Crippen LogP contribution in [0.1, 0.15) is 28.4 Å². The highest BCUT2D eigenvalue weighted by Gasteiger charge is 2.31. The molecule has 7 nitrogen and oxygen atoms in total. The molecule has 4 rings (SSSR count). The molecule has 1 amide bonds. The highest BCUT2D eigenvalue weighted by Crippen LogP contribution is 2.37. The zero-order chi connectivity index (χ0) is 22.1. The third-order valence-corrected chi connectivity index (χ3v) is 5.27. The molecule has 160 valence electrons. The number of rotatable bonds is 5. The molecule has 2 heterocycles. The summed E-state index contributed by atoms with van der Waals surface area (Å²) in [5, 5.41) is 15.4. The first-order valence-corrected chi connectivity index (χ1v) is 10.1. The van der Waals surface area contributed by atoms with Crippen molar-refractivity contribution >= 4 is 23.4 Å². The maximum absolute atomic E-state index is 13.7. The van der Waals surface area contributed by atoms with Gasteiger partial charge in [0, 0.05) is 17.3 Å². The van der Waals surface area contributed by atoms with Gasteiger partial charge < -0.3 is 20.6 Å². The average molecular weight is 421 g/mol. The molecule has 0 aliphatic carbocycles. The van der Waals surface area contributed by atoms with E-state index in [-0.39, 0.29) is 37.0 Å². The Labute approximate surface area is 180 Å². The zero-order valence-corrected chi connectivity index (χ0v) is 17.6. The number of para-hydroxylation sites is 1. The minimum atomic E-state index is -0.359. The summed E-state index contributed by atoms with van der Waals surface area (Å²) in [5.74, 6) is 0.0921. The molecule has 1 aliphatic rings. The summed E-state index contributed by atoms with van der Waals surface area (Å²) in [6, 6.07) is 11.9. The lowest BCUT2D eigenvalue weighted by Gasteiger charge is -2.32. The van der Waals surface area contributed by atoms with Crippen molar-refractivity contribution in [2.45, 2.75) is 26.8 Å². The Hall–Kier alpha value is -3.52. The van der Waals surface area contributed by atoms with Gasteiger partial charge in [-0.3, -0.25) is 4.79 Å². The quantitative estimate of drug-likeness (QED) is 0.584. The van der Waals surface area contributed by atoms with Crippen LogP contribution >= 0.6 is 0 Å². The average Bonchev–Trinajstić information content (AvgIpc) is 2.74. The van der Waals surface area contributed by atoms with Gasteiger partial charge in [0.1, 0.15) is 11.4 Å². The first-order valence-electron chi connectivity index (χ1n) is 10.1. The lowest BCUT2D eigenvalue weighted by atomic mass is 9.99. The van der Waals surface area contributed by atoms with Crippen LogP contribution in [0.25, 0.3) is 11.3 Å². The molecular formula is C23H24FN5O2. The van der Waals surface area contributed by atoms with E-state index in [0.29, 0.717) is 28.2 Å². The van der Waals surface area contributed by atoms with Gasteiger partial charge in [0.05, 0.1) is 19.0 Å². The van der Waals surface area contributed by atoms with Crippen LogP contribution < -0.4 is 15.5 Å². The Morgan fingerprint density at radius 3 is 2.68 bits per heavy atom. The highest BCUT2D eigenvalue weighted by atomic mass is 19.1. The third-order valence-electron chi connectivity index (χ3n) is 5.27. The number of nitrogens with zero attached hydrogens (tertiary/aromatic N) is 3. The monoisotopic (exact) mass is 421 g/mol. The van der Waals surface area contributed by atoms with Gasteiger partial charge in [0.15, 0.2) is 5.82 Å². The van der Waals surface area contributed by atoms with Crippen LogP contribution in [0.2, 0.25) is 0 Å². The zero-order valence-electron chi connectivity index (χ0n) is 17.6. The van der Waals surface area contributed by atoms with E-state index in [9.17, 15) is 14.3 Å². The highest BCUT2D eigenvalue weighted by molar-refractivity contribution is 6.07. The summed E-state index contributed by atoms with van der Waals surface area (Å²) in [7, 11) is 0. The van der Waals surface area contributed by atoms with Crippen LogP contribution in [0.15, 0.2) is 42.5 Å². The normalized spacial score (nSPS) is 14.1. The standard InChI is InChI=1S/C23H24FN5O2/c1-13-6-4-5-7-18(13)29-12-25-22(31)19-20(17-9-8-16(24)10-14(17)2)27-23(28-21(19)29)26-15(3)11-30/h4-10,15,30H,11-12H2,1-3H3,(H,25,31)(H,26,27,28)/t15-/m0/s1. The van der Waals surface area contributed by atoms with E-state index >= 15 is 0 Å². The van der Waals surface area contributed by atoms with Crippen LogP contribution in [-0.2, 0) is 0 Å². The predicted octanol–water partition coefficient (Wildman–Crippen LogP) is 3.53. The van der Waals surface area contributed by atoms with Gasteiger partial charge >= 0.3 is 0 Å². The van der Waals surface area contributed by atoms with Crippen molar-refractivity contribution in [1.82, 2.24) is 15.3 Å². The number of aliphatic hydroxyl groups excluding tert-OH is 1. The Bertz CT molecular complexity index is 1150. The van der Waals surface area contributed by atoms with Crippen molar-refractivity contribution in [3.63, 3.8) is 0 Å². The number of halogens is 1. The summed E-state index contributed by atoms with van der Waals surface area (Å²) < 4.78 is 13.7. The van der Waals surface area contributed by atoms with Crippen molar-refractivity contribution in [1.29, 1.82) is 0 Å². The number of nitrogens with one attached hydrogen (secondary N) is 2. The molecule has 31 heavy (non-hydrogen) atoms. The number of benzene rings is 2. The predicted molar refractivity (Wildman–Crippen MR) is 118 cm³/mol. The van der Waals surface area contributed by atoms with Crippen molar-refractivity contribution < 1.29 is 14.3 Å². The van der Waals surface area contributed by atoms with Crippen LogP contribution in [0.3, 0.4) is 0 Å². The van der Waals surface area contributed by atoms with E-state index in [1.54, 1.807) is 19.9 Å². The number of amides is 1. The molecule has 8 heteroatoms. The molecule has 3 N–H and O–H groups in total. The smallest absolute Gasteiger partial charge is 0.258 e. The largest absolute Gasteiger partial charge is 0.394 e. The second-order valence-electron chi connectivity index (χ2n) is 7.66. The fourth-order valence-corrected chi connectivity index (χ4v) is 3.65. The summed E-state index contributed by atoms with van der Waals surface area (Å²) in [6.45, 7) is 5.72. The Morgan fingerprint density at radius 2 is 1.97 bits per heavy atom. The molecule has 3 aromatic rings. The maximum atomic E-state index is 13.7. The maximum Gasteiger partial charge on any atom is 0.258 e.